The molecule has 7 aliphatic rings. The summed E-state index contributed by atoms with van der Waals surface area (Å²) in [6, 6.07) is 12.7. The number of fused-ring (bicyclic) bond motifs is 3. The number of rotatable bonds is 10. The van der Waals surface area contributed by atoms with Crippen LogP contribution in [0.2, 0.25) is 0 Å². The van der Waals surface area contributed by atoms with Crippen LogP contribution in [-0.4, -0.2) is 132 Å². The zero-order valence-corrected chi connectivity index (χ0v) is 29.0. The number of allylic oxidation sites excluding steroid dienone is 2. The second kappa shape index (κ2) is 15.9. The first-order valence-electron chi connectivity index (χ1n) is 17.8. The summed E-state index contributed by atoms with van der Waals surface area (Å²) in [5.41, 5.74) is 3.37. The molecule has 0 radical (unpaired) electrons. The molecule has 13 heteroatoms. The van der Waals surface area contributed by atoms with E-state index in [4.69, 9.17) is 23.7 Å². The highest BCUT2D eigenvalue weighted by molar-refractivity contribution is 5.95. The minimum absolute atomic E-state index is 0.0759. The fourth-order valence-electron chi connectivity index (χ4n) is 8.10. The molecule has 2 aromatic carbocycles. The molecule has 1 amide bonds. The summed E-state index contributed by atoms with van der Waals surface area (Å²) < 4.78 is 29.7. The summed E-state index contributed by atoms with van der Waals surface area (Å²) >= 11 is 0. The molecule has 6 fully saturated rings. The molecule has 10 atom stereocenters. The number of aliphatic hydroxyl groups excluding tert-OH is 5. The van der Waals surface area contributed by atoms with Crippen molar-refractivity contribution in [3.63, 3.8) is 0 Å². The van der Waals surface area contributed by atoms with Crippen molar-refractivity contribution in [1.82, 2.24) is 5.32 Å². The van der Waals surface area contributed by atoms with Gasteiger partial charge in [-0.25, -0.2) is 0 Å². The fourth-order valence-corrected chi connectivity index (χ4v) is 8.10. The first-order chi connectivity index (χ1) is 24.1. The number of nitrogens with zero attached hydrogens (tertiary/aromatic N) is 1. The summed E-state index contributed by atoms with van der Waals surface area (Å²) in [4.78, 5) is 15.2. The maximum atomic E-state index is 13.0. The van der Waals surface area contributed by atoms with Crippen LogP contribution < -0.4 is 10.2 Å². The van der Waals surface area contributed by atoms with Crippen molar-refractivity contribution in [3.05, 3.63) is 53.7 Å². The Morgan fingerprint density at radius 3 is 2.52 bits per heavy atom. The maximum absolute atomic E-state index is 13.0. The van der Waals surface area contributed by atoms with Gasteiger partial charge in [0.25, 0.3) is 0 Å². The first-order valence-corrected chi connectivity index (χ1v) is 17.8. The molecular weight excluding hydrogens is 648 g/mol. The lowest BCUT2D eigenvalue weighted by molar-refractivity contribution is -0.344. The first kappa shape index (κ1) is 37.1. The highest BCUT2D eigenvalue weighted by atomic mass is 16.7. The lowest BCUT2D eigenvalue weighted by Gasteiger charge is -2.47. The molecule has 7 heterocycles. The number of anilines is 1. The van der Waals surface area contributed by atoms with Gasteiger partial charge in [0.15, 0.2) is 6.29 Å². The van der Waals surface area contributed by atoms with Gasteiger partial charge in [0, 0.05) is 49.5 Å². The molecule has 7 aliphatic heterocycles. The van der Waals surface area contributed by atoms with Crippen molar-refractivity contribution >= 4 is 22.4 Å². The van der Waals surface area contributed by atoms with Crippen LogP contribution in [0.25, 0.3) is 10.8 Å². The molecule has 4 bridgehead atoms. The average Bonchev–Trinajstić information content (AvgIpc) is 3.35. The van der Waals surface area contributed by atoms with Crippen LogP contribution >= 0.6 is 0 Å². The van der Waals surface area contributed by atoms with Crippen molar-refractivity contribution in [3.8, 4) is 0 Å². The Hall–Kier alpha value is -2.69. The maximum Gasteiger partial charge on any atom is 0.221 e. The number of ether oxygens (including phenoxy) is 5. The van der Waals surface area contributed by atoms with Gasteiger partial charge in [0.1, 0.15) is 48.8 Å². The zero-order chi connectivity index (χ0) is 35.6. The van der Waals surface area contributed by atoms with Crippen LogP contribution in [0.1, 0.15) is 52.0 Å². The summed E-state index contributed by atoms with van der Waals surface area (Å²) in [6.45, 7) is 6.81. The number of benzene rings is 2. The van der Waals surface area contributed by atoms with Gasteiger partial charge < -0.3 is 59.4 Å². The molecule has 0 aromatic heterocycles. The quantitative estimate of drug-likeness (QED) is 0.196. The molecule has 0 aliphatic carbocycles. The van der Waals surface area contributed by atoms with Gasteiger partial charge in [-0.2, -0.15) is 0 Å². The van der Waals surface area contributed by atoms with Gasteiger partial charge in [-0.1, -0.05) is 50.3 Å². The van der Waals surface area contributed by atoms with E-state index < -0.39 is 74.4 Å². The van der Waals surface area contributed by atoms with Crippen LogP contribution in [0.4, 0.5) is 5.69 Å². The van der Waals surface area contributed by atoms with Crippen molar-refractivity contribution in [2.24, 2.45) is 0 Å². The van der Waals surface area contributed by atoms with Crippen LogP contribution in [0.3, 0.4) is 0 Å². The normalized spacial score (nSPS) is 34.7. The summed E-state index contributed by atoms with van der Waals surface area (Å²) in [5.74, 6) is -0.0759. The Morgan fingerprint density at radius 2 is 1.76 bits per heavy atom. The Kier molecular flexibility index (Phi) is 11.8. The third-order valence-electron chi connectivity index (χ3n) is 10.5. The van der Waals surface area contributed by atoms with E-state index in [1.165, 1.54) is 22.0 Å². The van der Waals surface area contributed by atoms with Gasteiger partial charge in [-0.3, -0.25) is 4.79 Å². The van der Waals surface area contributed by atoms with Crippen molar-refractivity contribution < 1.29 is 54.0 Å². The molecule has 6 N–H and O–H groups in total. The molecule has 276 valence electrons. The monoisotopic (exact) mass is 700 g/mol. The van der Waals surface area contributed by atoms with E-state index in [0.29, 0.717) is 38.8 Å². The van der Waals surface area contributed by atoms with E-state index in [1.807, 2.05) is 13.0 Å². The van der Waals surface area contributed by atoms with Crippen molar-refractivity contribution in [2.75, 3.05) is 44.4 Å². The van der Waals surface area contributed by atoms with Crippen LogP contribution in [0.5, 0.6) is 0 Å². The number of hydrogen-bond donors (Lipinski definition) is 6. The third-order valence-corrected chi connectivity index (χ3v) is 10.5. The standard InChI is InChI=1S/C37H52N2O11/c1-4-27-37(2,3)29-22-10-6-5-9-21(22)12-13-23(29)39(27)16-14-28(42)38-15-8-18-47-33-24-11-7-17-46-34-25(19-40)49-36(31(44)30(34)43)50-35(32(33)45)26(20-41)48-24/h4-6,9-10,12-13,24-26,30-36,40-41,43-45H,7-8,11,14-20H2,1-3H3,(H,38,42)/b27-4+/t24-,25-,26-,30-,31-,32-,33+,34-,35-,36?/m1/s1. The summed E-state index contributed by atoms with van der Waals surface area (Å²) in [6.07, 6.45) is -7.37. The SMILES string of the molecule is C/C=C1/N(CCC(=O)NCCCO[C@@H]2[C@@H](O)[C@@H]3OC4O[C@H](CO)[C@@H](OCCC[C@H]2O[C@@H]3CO)[C@H](O)[C@H]4O)c2ccc3ccccc3c2C1(C)C. The van der Waals surface area contributed by atoms with E-state index in [-0.39, 0.29) is 24.5 Å². The number of carbonyl (C=O) groups is 1. The topological polar surface area (TPSA) is 180 Å². The second-order valence-electron chi connectivity index (χ2n) is 14.1. The average molecular weight is 701 g/mol. The third kappa shape index (κ3) is 7.18. The molecule has 6 saturated heterocycles. The van der Waals surface area contributed by atoms with Gasteiger partial charge in [-0.15, -0.1) is 0 Å². The Balaban J connectivity index is 1.04. The summed E-state index contributed by atoms with van der Waals surface area (Å²) in [5, 5.41) is 58.2. The number of carbonyl (C=O) groups excluding carboxylic acids is 1. The van der Waals surface area contributed by atoms with Gasteiger partial charge in [0.05, 0.1) is 19.3 Å². The molecule has 0 spiro atoms. The Bertz CT molecular complexity index is 1500. The second-order valence-corrected chi connectivity index (χ2v) is 14.1. The predicted octanol–water partition coefficient (Wildman–Crippen LogP) is 1.25. The molecule has 13 nitrogen and oxygen atoms in total. The number of aliphatic hydroxyl groups is 5. The smallest absolute Gasteiger partial charge is 0.221 e. The van der Waals surface area contributed by atoms with E-state index >= 15 is 0 Å². The minimum atomic E-state index is -1.54. The fraction of sp³-hybridized carbons (Fsp3) is 0.649. The van der Waals surface area contributed by atoms with E-state index in [2.05, 4.69) is 60.5 Å². The molecular formula is C37H52N2O11. The lowest BCUT2D eigenvalue weighted by Crippen LogP contribution is -2.64. The molecule has 2 aromatic rings. The van der Waals surface area contributed by atoms with E-state index in [0.717, 1.165) is 5.69 Å². The minimum Gasteiger partial charge on any atom is -0.394 e. The van der Waals surface area contributed by atoms with Gasteiger partial charge in [-0.05, 0) is 48.6 Å². The van der Waals surface area contributed by atoms with Crippen molar-refractivity contribution in [1.29, 1.82) is 0 Å². The lowest BCUT2D eigenvalue weighted by atomic mass is 9.81. The van der Waals surface area contributed by atoms with Gasteiger partial charge >= 0.3 is 0 Å². The molecule has 50 heavy (non-hydrogen) atoms. The summed E-state index contributed by atoms with van der Waals surface area (Å²) in [7, 11) is 0. The number of amides is 1. The van der Waals surface area contributed by atoms with Crippen molar-refractivity contribution in [2.45, 2.75) is 113 Å². The zero-order valence-electron chi connectivity index (χ0n) is 29.0. The van der Waals surface area contributed by atoms with Crippen LogP contribution in [0.15, 0.2) is 48.2 Å². The Labute approximate surface area is 292 Å². The van der Waals surface area contributed by atoms with E-state index in [9.17, 15) is 30.3 Å². The molecule has 0 saturated carbocycles. The van der Waals surface area contributed by atoms with E-state index in [1.54, 1.807) is 0 Å². The molecule has 1 unspecified atom stereocenters. The predicted molar refractivity (Wildman–Crippen MR) is 183 cm³/mol. The van der Waals surface area contributed by atoms with Crippen LogP contribution in [0, 0.1) is 0 Å². The highest BCUT2D eigenvalue weighted by Gasteiger charge is 2.52. The number of nitrogens with one attached hydrogen (secondary N) is 1. The highest BCUT2D eigenvalue weighted by Crippen LogP contribution is 2.50. The Morgan fingerprint density at radius 1 is 1.00 bits per heavy atom. The van der Waals surface area contributed by atoms with Crippen LogP contribution in [-0.2, 0) is 33.9 Å². The van der Waals surface area contributed by atoms with Gasteiger partial charge in [0.2, 0.25) is 5.91 Å². The molecule has 9 rings (SSSR count). The largest absolute Gasteiger partial charge is 0.394 e. The number of hydrogen-bond acceptors (Lipinski definition) is 12.